The Morgan fingerprint density at radius 1 is 0.840 bits per heavy atom. The van der Waals surface area contributed by atoms with Gasteiger partial charge in [-0.25, -0.2) is 8.78 Å². The van der Waals surface area contributed by atoms with Gasteiger partial charge in [0.1, 0.15) is 0 Å². The van der Waals surface area contributed by atoms with Crippen LogP contribution in [0.4, 0.5) is 8.78 Å². The van der Waals surface area contributed by atoms with Crippen LogP contribution in [0, 0.1) is 18.8 Å². The summed E-state index contributed by atoms with van der Waals surface area (Å²) in [7, 11) is -3.88. The van der Waals surface area contributed by atoms with Crippen LogP contribution >= 0.6 is 0 Å². The minimum absolute atomic E-state index is 0.163. The zero-order valence-corrected chi connectivity index (χ0v) is 16.5. The van der Waals surface area contributed by atoms with Crippen molar-refractivity contribution in [2.45, 2.75) is 37.4 Å². The van der Waals surface area contributed by atoms with E-state index in [1.54, 1.807) is 12.1 Å². The highest BCUT2D eigenvalue weighted by Gasteiger charge is 2.44. The standard InChI is InChI=1S/C18H19F2IO3S/c19-15-10-4-6-12-17(15)21(18-13-7-5-11-16(18)20)24-25(22,23)14-8-2-1-3-9-14/h4-7,10-14H,1-3,8-9H2/q+1. The molecule has 3 rings (SSSR count). The first-order valence-electron chi connectivity index (χ1n) is 8.12. The van der Waals surface area contributed by atoms with E-state index in [9.17, 15) is 17.2 Å². The van der Waals surface area contributed by atoms with Gasteiger partial charge in [-0.1, -0.05) is 43.5 Å². The number of rotatable bonds is 5. The summed E-state index contributed by atoms with van der Waals surface area (Å²) in [6.07, 6.45) is 3.76. The van der Waals surface area contributed by atoms with Crippen molar-refractivity contribution < 1.29 is 39.9 Å². The van der Waals surface area contributed by atoms with Crippen LogP contribution in [0.25, 0.3) is 0 Å². The zero-order valence-electron chi connectivity index (χ0n) is 13.5. The molecule has 1 aliphatic rings. The third-order valence-corrected chi connectivity index (χ3v) is 12.2. The average molecular weight is 480 g/mol. The van der Waals surface area contributed by atoms with E-state index in [2.05, 4.69) is 0 Å². The predicted molar refractivity (Wildman–Crippen MR) is 87.1 cm³/mol. The molecule has 0 aromatic heterocycles. The summed E-state index contributed by atoms with van der Waals surface area (Å²) >= 11 is -3.28. The van der Waals surface area contributed by atoms with Crippen LogP contribution in [-0.2, 0) is 12.6 Å². The lowest BCUT2D eigenvalue weighted by molar-refractivity contribution is -1.03. The van der Waals surface area contributed by atoms with Gasteiger partial charge in [-0.15, -0.1) is 0 Å². The first-order valence-corrected chi connectivity index (χ1v) is 12.6. The van der Waals surface area contributed by atoms with Crippen molar-refractivity contribution in [1.29, 1.82) is 0 Å². The van der Waals surface area contributed by atoms with Crippen molar-refractivity contribution in [3.05, 3.63) is 67.3 Å². The maximum absolute atomic E-state index is 14.3. The first kappa shape index (κ1) is 18.7. The van der Waals surface area contributed by atoms with Crippen LogP contribution < -0.4 is 20.2 Å². The Kier molecular flexibility index (Phi) is 6.06. The van der Waals surface area contributed by atoms with Crippen LogP contribution in [0.1, 0.15) is 32.1 Å². The maximum atomic E-state index is 14.3. The molecule has 3 nitrogen and oxygen atoms in total. The third kappa shape index (κ3) is 4.38. The molecule has 0 saturated heterocycles. The Balaban J connectivity index is 2.00. The molecule has 0 N–H and O–H groups in total. The monoisotopic (exact) mass is 480 g/mol. The van der Waals surface area contributed by atoms with Gasteiger partial charge in [0.25, 0.3) is 0 Å². The molecule has 0 spiro atoms. The molecule has 1 fully saturated rings. The zero-order chi connectivity index (χ0) is 17.9. The normalized spacial score (nSPS) is 16.3. The molecule has 0 unspecified atom stereocenters. The summed E-state index contributed by atoms with van der Waals surface area (Å²) in [5, 5.41) is -0.584. The molecule has 25 heavy (non-hydrogen) atoms. The predicted octanol–water partition coefficient (Wildman–Crippen LogP) is 1.22. The quantitative estimate of drug-likeness (QED) is 0.605. The second-order valence-corrected chi connectivity index (χ2v) is 12.5. The number of hydrogen-bond donors (Lipinski definition) is 0. The molecular weight excluding hydrogens is 461 g/mol. The van der Waals surface area contributed by atoms with Gasteiger partial charge >= 0.3 is 30.4 Å². The van der Waals surface area contributed by atoms with E-state index in [0.717, 1.165) is 19.3 Å². The molecule has 2 aromatic carbocycles. The van der Waals surface area contributed by atoms with Crippen LogP contribution in [0.15, 0.2) is 48.5 Å². The van der Waals surface area contributed by atoms with E-state index >= 15 is 0 Å². The molecule has 1 saturated carbocycles. The SMILES string of the molecule is O=S(=O)(O[I+](c1ccccc1F)c1ccccc1F)C1CCCCC1. The van der Waals surface area contributed by atoms with Gasteiger partial charge in [0.15, 0.2) is 11.6 Å². The Hall–Kier alpha value is -1.06. The fourth-order valence-corrected chi connectivity index (χ4v) is 10.7. The smallest absolute Gasteiger partial charge is 0.202 e. The molecule has 2 aromatic rings. The van der Waals surface area contributed by atoms with Gasteiger partial charge in [-0.3, -0.25) is 0 Å². The highest BCUT2D eigenvalue weighted by Crippen LogP contribution is 2.23. The topological polar surface area (TPSA) is 43.4 Å². The van der Waals surface area contributed by atoms with Crippen molar-refractivity contribution >= 4 is 10.1 Å². The number of benzene rings is 2. The Morgan fingerprint density at radius 2 is 1.32 bits per heavy atom. The third-order valence-electron chi connectivity index (χ3n) is 4.13. The summed E-state index contributed by atoms with van der Waals surface area (Å²) < 4.78 is 60.0. The summed E-state index contributed by atoms with van der Waals surface area (Å²) in [6.45, 7) is 0. The van der Waals surface area contributed by atoms with Crippen molar-refractivity contribution in [2.75, 3.05) is 0 Å². The summed E-state index contributed by atoms with van der Waals surface area (Å²) in [4.78, 5) is 0. The van der Waals surface area contributed by atoms with E-state index in [4.69, 9.17) is 2.51 Å². The fraction of sp³-hybridized carbons (Fsp3) is 0.333. The van der Waals surface area contributed by atoms with Gasteiger partial charge < -0.3 is 0 Å². The minimum atomic E-state index is -3.88. The lowest BCUT2D eigenvalue weighted by atomic mass is 10.0. The lowest BCUT2D eigenvalue weighted by Crippen LogP contribution is -3.86. The molecule has 0 heterocycles. The number of hydrogen-bond acceptors (Lipinski definition) is 3. The second kappa shape index (κ2) is 8.09. The van der Waals surface area contributed by atoms with E-state index in [1.807, 2.05) is 0 Å². The van der Waals surface area contributed by atoms with Crippen molar-refractivity contribution in [1.82, 2.24) is 0 Å². The summed E-state index contributed by atoms with van der Waals surface area (Å²) in [5.74, 6) is -1.12. The Bertz CT molecular complexity index is 790. The molecule has 1 aliphatic carbocycles. The Labute approximate surface area is 154 Å². The van der Waals surface area contributed by atoms with Crippen LogP contribution in [0.5, 0.6) is 0 Å². The summed E-state index contributed by atoms with van der Waals surface area (Å²) in [5.41, 5.74) is 0. The van der Waals surface area contributed by atoms with Crippen LogP contribution in [0.3, 0.4) is 0 Å². The summed E-state index contributed by atoms with van der Waals surface area (Å²) in [6, 6.07) is 11.7. The largest absolute Gasteiger partial charge is 0.330 e. The highest BCUT2D eigenvalue weighted by atomic mass is 127. The van der Waals surface area contributed by atoms with Gasteiger partial charge in [-0.2, -0.15) is 8.42 Å². The molecule has 0 atom stereocenters. The maximum Gasteiger partial charge on any atom is 0.330 e. The molecule has 0 aliphatic heterocycles. The van der Waals surface area contributed by atoms with E-state index in [-0.39, 0.29) is 7.14 Å². The minimum Gasteiger partial charge on any atom is -0.202 e. The van der Waals surface area contributed by atoms with Crippen molar-refractivity contribution in [3.63, 3.8) is 0 Å². The fourth-order valence-electron chi connectivity index (χ4n) is 2.83. The Morgan fingerprint density at radius 3 is 1.80 bits per heavy atom. The molecular formula is C18H19F2IO3S+. The second-order valence-electron chi connectivity index (χ2n) is 5.89. The van der Waals surface area contributed by atoms with E-state index in [0.29, 0.717) is 12.8 Å². The van der Waals surface area contributed by atoms with E-state index in [1.165, 1.54) is 36.4 Å². The molecule has 0 amide bonds. The highest BCUT2D eigenvalue weighted by molar-refractivity contribution is 7.87. The molecule has 7 heteroatoms. The van der Waals surface area contributed by atoms with Crippen molar-refractivity contribution in [2.24, 2.45) is 0 Å². The van der Waals surface area contributed by atoms with Gasteiger partial charge in [0.2, 0.25) is 7.14 Å². The van der Waals surface area contributed by atoms with Crippen LogP contribution in [-0.4, -0.2) is 13.7 Å². The first-order chi connectivity index (χ1) is 12.0. The van der Waals surface area contributed by atoms with Gasteiger partial charge in [-0.05, 0) is 39.6 Å². The van der Waals surface area contributed by atoms with Gasteiger partial charge in [0.05, 0.1) is 5.25 Å². The molecule has 0 bridgehead atoms. The van der Waals surface area contributed by atoms with Gasteiger partial charge in [0, 0.05) is 0 Å². The van der Waals surface area contributed by atoms with Crippen LogP contribution in [0.2, 0.25) is 0 Å². The van der Waals surface area contributed by atoms with E-state index < -0.39 is 47.2 Å². The average Bonchev–Trinajstić information content (AvgIpc) is 2.62. The van der Waals surface area contributed by atoms with Crippen molar-refractivity contribution in [3.8, 4) is 0 Å². The lowest BCUT2D eigenvalue weighted by Gasteiger charge is -2.19. The molecule has 1 radical (unpaired) electrons. The number of halogens is 3. The molecule has 135 valence electrons.